The molecule has 1 atom stereocenters. The number of carbonyl (C=O) groups excluding carboxylic acids is 1. The van der Waals surface area contributed by atoms with Crippen LogP contribution in [0.2, 0.25) is 0 Å². The average Bonchev–Trinajstić information content (AvgIpc) is 3.43. The van der Waals surface area contributed by atoms with Crippen LogP contribution >= 0.6 is 0 Å². The molecule has 0 fully saturated rings. The van der Waals surface area contributed by atoms with E-state index in [0.717, 1.165) is 11.1 Å². The summed E-state index contributed by atoms with van der Waals surface area (Å²) in [6.07, 6.45) is 1.60. The number of fused-ring (bicyclic) bond motifs is 1. The van der Waals surface area contributed by atoms with Crippen molar-refractivity contribution in [1.29, 1.82) is 0 Å². The van der Waals surface area contributed by atoms with Gasteiger partial charge in [-0.1, -0.05) is 42.5 Å². The Morgan fingerprint density at radius 3 is 2.57 bits per heavy atom. The van der Waals surface area contributed by atoms with Crippen LogP contribution < -0.4 is 0 Å². The Balaban J connectivity index is 1.68. The van der Waals surface area contributed by atoms with E-state index in [0.29, 0.717) is 29.3 Å². The molecule has 0 spiro atoms. The zero-order valence-electron chi connectivity index (χ0n) is 14.9. The quantitative estimate of drug-likeness (QED) is 0.565. The van der Waals surface area contributed by atoms with Crippen molar-refractivity contribution in [2.75, 3.05) is 0 Å². The van der Waals surface area contributed by atoms with E-state index >= 15 is 0 Å². The molecule has 0 aliphatic carbocycles. The number of H-pyrrole nitrogens is 1. The number of amides is 1. The molecule has 28 heavy (non-hydrogen) atoms. The van der Waals surface area contributed by atoms with Gasteiger partial charge in [0.1, 0.15) is 22.9 Å². The molecule has 0 saturated heterocycles. The highest BCUT2D eigenvalue weighted by atomic mass is 16.3. The van der Waals surface area contributed by atoms with Crippen molar-refractivity contribution in [1.82, 2.24) is 15.1 Å². The van der Waals surface area contributed by atoms with Gasteiger partial charge in [-0.05, 0) is 29.8 Å². The van der Waals surface area contributed by atoms with E-state index in [-0.39, 0.29) is 17.7 Å². The SMILES string of the molecule is O=C1c2[nH]nc(-c3ccccc3O)c2[C@H](c2ccccc2)N1Cc1ccco1. The summed E-state index contributed by atoms with van der Waals surface area (Å²) >= 11 is 0. The number of phenols is 1. The van der Waals surface area contributed by atoms with Crippen LogP contribution in [0.3, 0.4) is 0 Å². The molecule has 4 aromatic rings. The molecule has 0 unspecified atom stereocenters. The molecule has 0 radical (unpaired) electrons. The van der Waals surface area contributed by atoms with Crippen molar-refractivity contribution in [2.24, 2.45) is 0 Å². The van der Waals surface area contributed by atoms with Crippen LogP contribution in [-0.4, -0.2) is 26.1 Å². The zero-order chi connectivity index (χ0) is 19.1. The van der Waals surface area contributed by atoms with Crippen molar-refractivity contribution in [3.63, 3.8) is 0 Å². The molecule has 2 N–H and O–H groups in total. The van der Waals surface area contributed by atoms with Gasteiger partial charge in [0.25, 0.3) is 5.91 Å². The van der Waals surface area contributed by atoms with Gasteiger partial charge < -0.3 is 14.4 Å². The Hall–Kier alpha value is -3.80. The third kappa shape index (κ3) is 2.50. The smallest absolute Gasteiger partial charge is 0.273 e. The number of hydrogen-bond acceptors (Lipinski definition) is 4. The fourth-order valence-corrected chi connectivity index (χ4v) is 3.79. The van der Waals surface area contributed by atoms with Gasteiger partial charge in [-0.2, -0.15) is 5.10 Å². The largest absolute Gasteiger partial charge is 0.507 e. The molecular weight excluding hydrogens is 354 g/mol. The Morgan fingerprint density at radius 1 is 1.04 bits per heavy atom. The molecule has 0 saturated carbocycles. The number of nitrogens with one attached hydrogen (secondary N) is 1. The fourth-order valence-electron chi connectivity index (χ4n) is 3.79. The number of carbonyl (C=O) groups is 1. The second kappa shape index (κ2) is 6.42. The highest BCUT2D eigenvalue weighted by molar-refractivity contribution is 6.00. The summed E-state index contributed by atoms with van der Waals surface area (Å²) < 4.78 is 5.48. The molecule has 2 aromatic carbocycles. The Labute approximate surface area is 161 Å². The minimum absolute atomic E-state index is 0.126. The number of rotatable bonds is 4. The van der Waals surface area contributed by atoms with Crippen LogP contribution in [0.1, 0.15) is 33.4 Å². The predicted molar refractivity (Wildman–Crippen MR) is 103 cm³/mol. The maximum absolute atomic E-state index is 13.2. The molecule has 0 bridgehead atoms. The number of aromatic nitrogens is 2. The number of aromatic hydroxyl groups is 1. The molecule has 2 aromatic heterocycles. The lowest BCUT2D eigenvalue weighted by molar-refractivity contribution is 0.0717. The third-order valence-corrected chi connectivity index (χ3v) is 5.04. The lowest BCUT2D eigenvalue weighted by Crippen LogP contribution is -2.28. The molecule has 1 aliphatic rings. The number of furan rings is 1. The van der Waals surface area contributed by atoms with Crippen LogP contribution in [0.4, 0.5) is 0 Å². The summed E-state index contributed by atoms with van der Waals surface area (Å²) in [5, 5.41) is 17.6. The van der Waals surface area contributed by atoms with Gasteiger partial charge in [-0.3, -0.25) is 9.89 Å². The second-order valence-electron chi connectivity index (χ2n) is 6.70. The normalized spacial score (nSPS) is 15.8. The Bertz CT molecular complexity index is 1130. The topological polar surface area (TPSA) is 82.4 Å². The maximum atomic E-state index is 13.2. The highest BCUT2D eigenvalue weighted by Crippen LogP contribution is 2.44. The summed E-state index contributed by atoms with van der Waals surface area (Å²) in [7, 11) is 0. The van der Waals surface area contributed by atoms with Crippen molar-refractivity contribution in [2.45, 2.75) is 12.6 Å². The molecule has 5 rings (SSSR count). The van der Waals surface area contributed by atoms with Gasteiger partial charge in [0, 0.05) is 11.1 Å². The molecule has 6 nitrogen and oxygen atoms in total. The maximum Gasteiger partial charge on any atom is 0.273 e. The minimum Gasteiger partial charge on any atom is -0.507 e. The van der Waals surface area contributed by atoms with Crippen molar-refractivity contribution in [3.05, 3.63) is 95.6 Å². The number of phenolic OH excluding ortho intramolecular Hbond substituents is 1. The van der Waals surface area contributed by atoms with Crippen LogP contribution in [0.15, 0.2) is 77.4 Å². The first-order chi connectivity index (χ1) is 13.7. The van der Waals surface area contributed by atoms with E-state index in [2.05, 4.69) is 10.2 Å². The van der Waals surface area contributed by atoms with E-state index in [4.69, 9.17) is 4.42 Å². The number of para-hydroxylation sites is 1. The molecule has 1 aliphatic heterocycles. The van der Waals surface area contributed by atoms with Crippen molar-refractivity contribution < 1.29 is 14.3 Å². The first-order valence-corrected chi connectivity index (χ1v) is 8.99. The van der Waals surface area contributed by atoms with E-state index in [1.54, 1.807) is 29.4 Å². The van der Waals surface area contributed by atoms with E-state index in [1.807, 2.05) is 48.5 Å². The Morgan fingerprint density at radius 2 is 1.82 bits per heavy atom. The number of aromatic amines is 1. The third-order valence-electron chi connectivity index (χ3n) is 5.04. The lowest BCUT2D eigenvalue weighted by atomic mass is 9.96. The summed E-state index contributed by atoms with van der Waals surface area (Å²) in [5.74, 6) is 0.687. The molecule has 1 amide bonds. The van der Waals surface area contributed by atoms with E-state index in [1.165, 1.54) is 0 Å². The first-order valence-electron chi connectivity index (χ1n) is 8.99. The Kier molecular flexibility index (Phi) is 3.76. The first kappa shape index (κ1) is 16.4. The number of nitrogens with zero attached hydrogens (tertiary/aromatic N) is 2. The summed E-state index contributed by atoms with van der Waals surface area (Å²) in [6.45, 7) is 0.341. The van der Waals surface area contributed by atoms with Gasteiger partial charge in [0.15, 0.2) is 0 Å². The molecule has 3 heterocycles. The summed E-state index contributed by atoms with van der Waals surface area (Å²) in [4.78, 5) is 15.0. The van der Waals surface area contributed by atoms with Gasteiger partial charge in [0.2, 0.25) is 0 Å². The molecule has 6 heteroatoms. The van der Waals surface area contributed by atoms with Crippen LogP contribution in [-0.2, 0) is 6.54 Å². The van der Waals surface area contributed by atoms with Crippen LogP contribution in [0, 0.1) is 0 Å². The van der Waals surface area contributed by atoms with Gasteiger partial charge in [-0.15, -0.1) is 0 Å². The van der Waals surface area contributed by atoms with E-state index in [9.17, 15) is 9.90 Å². The number of benzene rings is 2. The molecule has 138 valence electrons. The fraction of sp³-hybridized carbons (Fsp3) is 0.0909. The summed E-state index contributed by atoms with van der Waals surface area (Å²) in [6, 6.07) is 20.2. The standard InChI is InChI=1S/C22H17N3O3/c26-17-11-5-4-10-16(17)19-18-20(24-23-19)22(27)25(13-15-9-6-12-28-15)21(18)14-7-2-1-3-8-14/h1-12,21,26H,13H2,(H,23,24)/t21-/m0/s1. The van der Waals surface area contributed by atoms with Crippen LogP contribution in [0.25, 0.3) is 11.3 Å². The average molecular weight is 371 g/mol. The van der Waals surface area contributed by atoms with Gasteiger partial charge in [0.05, 0.1) is 18.8 Å². The summed E-state index contributed by atoms with van der Waals surface area (Å²) in [5.41, 5.74) is 3.35. The lowest BCUT2D eigenvalue weighted by Gasteiger charge is -2.25. The van der Waals surface area contributed by atoms with E-state index < -0.39 is 0 Å². The molecular formula is C22H17N3O3. The number of hydrogen-bond donors (Lipinski definition) is 2. The minimum atomic E-state index is -0.331. The van der Waals surface area contributed by atoms with Crippen molar-refractivity contribution >= 4 is 5.91 Å². The van der Waals surface area contributed by atoms with Gasteiger partial charge in [-0.25, -0.2) is 0 Å². The predicted octanol–water partition coefficient (Wildman–Crippen LogP) is 4.12. The van der Waals surface area contributed by atoms with Crippen LogP contribution in [0.5, 0.6) is 5.75 Å². The highest BCUT2D eigenvalue weighted by Gasteiger charge is 2.42. The van der Waals surface area contributed by atoms with Crippen molar-refractivity contribution in [3.8, 4) is 17.0 Å². The second-order valence-corrected chi connectivity index (χ2v) is 6.70. The van der Waals surface area contributed by atoms with Gasteiger partial charge >= 0.3 is 0 Å². The zero-order valence-corrected chi connectivity index (χ0v) is 14.9. The monoisotopic (exact) mass is 371 g/mol.